The summed E-state index contributed by atoms with van der Waals surface area (Å²) in [6, 6.07) is 14.7. The highest BCUT2D eigenvalue weighted by atomic mass is 35.5. The van der Waals surface area contributed by atoms with Crippen molar-refractivity contribution in [3.8, 4) is 11.4 Å². The fourth-order valence-electron chi connectivity index (χ4n) is 2.34. The van der Waals surface area contributed by atoms with Crippen molar-refractivity contribution in [2.45, 2.75) is 11.4 Å². The number of carbonyl (C=O) groups is 1. The monoisotopic (exact) mass is 373 g/mol. The minimum absolute atomic E-state index is 0.0869. The van der Waals surface area contributed by atoms with Crippen molar-refractivity contribution < 1.29 is 9.32 Å². The van der Waals surface area contributed by atoms with Crippen LogP contribution in [0, 0.1) is 0 Å². The van der Waals surface area contributed by atoms with Crippen LogP contribution in [0.3, 0.4) is 0 Å². The van der Waals surface area contributed by atoms with Gasteiger partial charge >= 0.3 is 0 Å². The lowest BCUT2D eigenvalue weighted by atomic mass is 10.2. The van der Waals surface area contributed by atoms with Crippen molar-refractivity contribution in [2.24, 2.45) is 0 Å². The fourth-order valence-corrected chi connectivity index (χ4v) is 3.05. The zero-order valence-corrected chi connectivity index (χ0v) is 15.3. The van der Waals surface area contributed by atoms with Crippen molar-refractivity contribution in [1.82, 2.24) is 15.0 Å². The van der Waals surface area contributed by atoms with E-state index < -0.39 is 0 Å². The number of halogens is 1. The van der Waals surface area contributed by atoms with Gasteiger partial charge in [0.15, 0.2) is 0 Å². The number of hydrogen-bond acceptors (Lipinski definition) is 5. The van der Waals surface area contributed by atoms with Crippen molar-refractivity contribution in [1.29, 1.82) is 0 Å². The summed E-state index contributed by atoms with van der Waals surface area (Å²) in [6.45, 7) is 0.238. The zero-order chi connectivity index (χ0) is 17.8. The Bertz CT molecular complexity index is 880. The molecule has 0 unspecified atom stereocenters. The van der Waals surface area contributed by atoms with Crippen LogP contribution in [-0.2, 0) is 6.54 Å². The summed E-state index contributed by atoms with van der Waals surface area (Å²) in [4.78, 5) is 19.5. The number of thioether (sulfide) groups is 1. The number of carbonyl (C=O) groups excluding carboxylic acids is 1. The number of amides is 1. The van der Waals surface area contributed by atoms with Gasteiger partial charge in [-0.2, -0.15) is 4.98 Å². The molecular formula is C18H16ClN3O2S. The van der Waals surface area contributed by atoms with Gasteiger partial charge in [0.2, 0.25) is 11.7 Å². The maximum absolute atomic E-state index is 12.7. The summed E-state index contributed by atoms with van der Waals surface area (Å²) in [5, 5.41) is 4.61. The molecule has 0 radical (unpaired) electrons. The molecule has 3 aromatic rings. The molecule has 3 rings (SSSR count). The quantitative estimate of drug-likeness (QED) is 0.621. The van der Waals surface area contributed by atoms with Crippen LogP contribution in [0.2, 0.25) is 5.02 Å². The zero-order valence-electron chi connectivity index (χ0n) is 13.8. The molecule has 0 aliphatic carbocycles. The first-order chi connectivity index (χ1) is 12.1. The first-order valence-electron chi connectivity index (χ1n) is 7.55. The third kappa shape index (κ3) is 4.03. The van der Waals surface area contributed by atoms with Gasteiger partial charge in [0.1, 0.15) is 0 Å². The van der Waals surface area contributed by atoms with Crippen molar-refractivity contribution in [3.63, 3.8) is 0 Å². The molecule has 0 spiro atoms. The number of hydrogen-bond donors (Lipinski definition) is 0. The Kier molecular flexibility index (Phi) is 5.40. The van der Waals surface area contributed by atoms with Gasteiger partial charge in [0.25, 0.3) is 5.91 Å². The van der Waals surface area contributed by atoms with Gasteiger partial charge in [-0.05, 0) is 42.7 Å². The lowest BCUT2D eigenvalue weighted by Gasteiger charge is -2.16. The maximum atomic E-state index is 12.7. The summed E-state index contributed by atoms with van der Waals surface area (Å²) in [7, 11) is 1.71. The molecule has 0 saturated heterocycles. The second-order valence-corrected chi connectivity index (χ2v) is 6.66. The van der Waals surface area contributed by atoms with Gasteiger partial charge in [0, 0.05) is 22.5 Å². The molecular weight excluding hydrogens is 358 g/mol. The third-order valence-electron chi connectivity index (χ3n) is 3.63. The third-order valence-corrected chi connectivity index (χ3v) is 4.67. The molecule has 0 atom stereocenters. The topological polar surface area (TPSA) is 59.2 Å². The highest BCUT2D eigenvalue weighted by Crippen LogP contribution is 2.22. The molecule has 0 N–H and O–H groups in total. The predicted molar refractivity (Wildman–Crippen MR) is 98.8 cm³/mol. The van der Waals surface area contributed by atoms with Crippen LogP contribution in [0.1, 0.15) is 16.2 Å². The van der Waals surface area contributed by atoms with Gasteiger partial charge in [-0.1, -0.05) is 28.9 Å². The van der Waals surface area contributed by atoms with E-state index in [1.807, 2.05) is 42.7 Å². The summed E-state index contributed by atoms with van der Waals surface area (Å²) in [5.41, 5.74) is 1.47. The molecule has 0 bridgehead atoms. The van der Waals surface area contributed by atoms with Gasteiger partial charge in [0.05, 0.1) is 12.1 Å². The smallest absolute Gasteiger partial charge is 0.255 e. The van der Waals surface area contributed by atoms with Crippen LogP contribution >= 0.6 is 23.4 Å². The second kappa shape index (κ2) is 7.72. The predicted octanol–water partition coefficient (Wildman–Crippen LogP) is 4.38. The van der Waals surface area contributed by atoms with Crippen molar-refractivity contribution in [2.75, 3.05) is 13.3 Å². The molecule has 1 amide bonds. The Morgan fingerprint density at radius 3 is 2.64 bits per heavy atom. The van der Waals surface area contributed by atoms with E-state index in [1.165, 1.54) is 0 Å². The van der Waals surface area contributed by atoms with E-state index in [4.69, 9.17) is 16.1 Å². The van der Waals surface area contributed by atoms with Crippen molar-refractivity contribution in [3.05, 3.63) is 65.0 Å². The van der Waals surface area contributed by atoms with Gasteiger partial charge in [-0.25, -0.2) is 0 Å². The fraction of sp³-hybridized carbons (Fsp3) is 0.167. The number of rotatable bonds is 5. The van der Waals surface area contributed by atoms with Crippen LogP contribution in [0.4, 0.5) is 0 Å². The van der Waals surface area contributed by atoms with Crippen LogP contribution in [-0.4, -0.2) is 34.3 Å². The van der Waals surface area contributed by atoms with Gasteiger partial charge < -0.3 is 9.42 Å². The minimum Gasteiger partial charge on any atom is -0.337 e. The van der Waals surface area contributed by atoms with Crippen LogP contribution in [0.25, 0.3) is 11.4 Å². The van der Waals surface area contributed by atoms with Gasteiger partial charge in [-0.3, -0.25) is 4.79 Å². The Labute approximate surface area is 155 Å². The van der Waals surface area contributed by atoms with Gasteiger partial charge in [-0.15, -0.1) is 11.8 Å². The highest BCUT2D eigenvalue weighted by molar-refractivity contribution is 7.98. The van der Waals surface area contributed by atoms with E-state index >= 15 is 0 Å². The standard InChI is InChI=1S/C18H16ClN3O2S/c1-22(18(23)14-5-3-4-6-15(14)25-2)11-16-20-17(21-24-16)12-7-9-13(19)10-8-12/h3-10H,11H2,1-2H3. The normalized spacial score (nSPS) is 10.7. The molecule has 2 aromatic carbocycles. The highest BCUT2D eigenvalue weighted by Gasteiger charge is 2.18. The number of aromatic nitrogens is 2. The van der Waals surface area contributed by atoms with E-state index in [1.54, 1.807) is 35.8 Å². The van der Waals surface area contributed by atoms with Crippen LogP contribution in [0.5, 0.6) is 0 Å². The number of benzene rings is 2. The average Bonchev–Trinajstić information content (AvgIpc) is 3.10. The van der Waals surface area contributed by atoms with Crippen molar-refractivity contribution >= 4 is 29.3 Å². The van der Waals surface area contributed by atoms with E-state index in [9.17, 15) is 4.79 Å². The van der Waals surface area contributed by atoms with E-state index in [-0.39, 0.29) is 12.5 Å². The molecule has 25 heavy (non-hydrogen) atoms. The minimum atomic E-state index is -0.0869. The molecule has 1 heterocycles. The van der Waals surface area contributed by atoms with E-state index in [2.05, 4.69) is 10.1 Å². The first kappa shape index (κ1) is 17.5. The van der Waals surface area contributed by atoms with E-state index in [0.29, 0.717) is 22.3 Å². The Balaban J connectivity index is 1.74. The lowest BCUT2D eigenvalue weighted by molar-refractivity contribution is 0.0766. The average molecular weight is 374 g/mol. The maximum Gasteiger partial charge on any atom is 0.255 e. The Morgan fingerprint density at radius 2 is 1.92 bits per heavy atom. The number of nitrogens with zero attached hydrogens (tertiary/aromatic N) is 3. The molecule has 5 nitrogen and oxygen atoms in total. The summed E-state index contributed by atoms with van der Waals surface area (Å²) < 4.78 is 5.27. The second-order valence-electron chi connectivity index (χ2n) is 5.38. The van der Waals surface area contributed by atoms with Crippen LogP contribution in [0.15, 0.2) is 57.9 Å². The molecule has 0 aliphatic heterocycles. The molecule has 0 saturated carbocycles. The molecule has 0 fully saturated rings. The first-order valence-corrected chi connectivity index (χ1v) is 9.16. The molecule has 0 aliphatic rings. The van der Waals surface area contributed by atoms with E-state index in [0.717, 1.165) is 10.5 Å². The molecule has 128 valence electrons. The molecule has 7 heteroatoms. The largest absolute Gasteiger partial charge is 0.337 e. The molecule has 1 aromatic heterocycles. The SMILES string of the molecule is CSc1ccccc1C(=O)N(C)Cc1nc(-c2ccc(Cl)cc2)no1. The Morgan fingerprint density at radius 1 is 1.20 bits per heavy atom. The summed E-state index contributed by atoms with van der Waals surface area (Å²) >= 11 is 7.42. The van der Waals surface area contributed by atoms with Crippen LogP contribution < -0.4 is 0 Å². The summed E-state index contributed by atoms with van der Waals surface area (Å²) in [5.74, 6) is 0.760. The summed E-state index contributed by atoms with van der Waals surface area (Å²) in [6.07, 6.45) is 1.95. The lowest BCUT2D eigenvalue weighted by Crippen LogP contribution is -2.26. The Hall–Kier alpha value is -2.31.